The third kappa shape index (κ3) is 2.31. The second kappa shape index (κ2) is 4.45. The van der Waals surface area contributed by atoms with Gasteiger partial charge in [0.25, 0.3) is 0 Å². The molecule has 0 aliphatic heterocycles. The minimum Gasteiger partial charge on any atom is -0.359 e. The number of aromatic nitrogens is 1. The van der Waals surface area contributed by atoms with Crippen LogP contribution in [-0.4, -0.2) is 16.1 Å². The van der Waals surface area contributed by atoms with Crippen LogP contribution < -0.4 is 10.6 Å². The molecule has 0 amide bonds. The molecule has 3 rings (SSSR count). The van der Waals surface area contributed by atoms with Gasteiger partial charge in [-0.15, -0.1) is 0 Å². The molecule has 2 aliphatic carbocycles. The molecular weight excluding hydrogens is 230 g/mol. The van der Waals surface area contributed by atoms with Gasteiger partial charge in [-0.25, -0.2) is 0 Å². The molecule has 3 atom stereocenters. The van der Waals surface area contributed by atoms with Crippen molar-refractivity contribution in [2.24, 2.45) is 11.8 Å². The molecule has 0 spiro atoms. The van der Waals surface area contributed by atoms with Gasteiger partial charge in [0.15, 0.2) is 5.11 Å². The lowest BCUT2D eigenvalue weighted by atomic mass is 10.0. The van der Waals surface area contributed by atoms with E-state index in [1.54, 1.807) is 12.4 Å². The summed E-state index contributed by atoms with van der Waals surface area (Å²) in [5.74, 6) is 1.43. The van der Waals surface area contributed by atoms with Crippen molar-refractivity contribution in [3.63, 3.8) is 0 Å². The number of allylic oxidation sites excluding steroid dienone is 1. The highest BCUT2D eigenvalue weighted by Gasteiger charge is 2.35. The number of hydrogen-bond donors (Lipinski definition) is 2. The Morgan fingerprint density at radius 2 is 2.06 bits per heavy atom. The molecule has 1 aromatic heterocycles. The van der Waals surface area contributed by atoms with Gasteiger partial charge in [-0.3, -0.25) is 4.98 Å². The molecule has 1 aromatic rings. The maximum Gasteiger partial charge on any atom is 0.171 e. The summed E-state index contributed by atoms with van der Waals surface area (Å²) in [6.45, 7) is 0. The van der Waals surface area contributed by atoms with Gasteiger partial charge in [0.2, 0.25) is 0 Å². The zero-order valence-corrected chi connectivity index (χ0v) is 10.3. The molecule has 17 heavy (non-hydrogen) atoms. The molecule has 2 aliphatic rings. The summed E-state index contributed by atoms with van der Waals surface area (Å²) in [5, 5.41) is 7.30. The number of rotatable bonds is 2. The van der Waals surface area contributed by atoms with Crippen LogP contribution in [0.3, 0.4) is 0 Å². The van der Waals surface area contributed by atoms with E-state index in [0.717, 1.165) is 11.6 Å². The van der Waals surface area contributed by atoms with Gasteiger partial charge in [-0.1, -0.05) is 12.2 Å². The summed E-state index contributed by atoms with van der Waals surface area (Å²) in [7, 11) is 0. The number of nitrogens with zero attached hydrogens (tertiary/aromatic N) is 1. The van der Waals surface area contributed by atoms with Crippen LogP contribution in [0.5, 0.6) is 0 Å². The molecule has 0 saturated heterocycles. The maximum absolute atomic E-state index is 5.32. The molecule has 88 valence electrons. The second-order valence-electron chi connectivity index (χ2n) is 4.72. The molecule has 0 aromatic carbocycles. The zero-order chi connectivity index (χ0) is 11.7. The highest BCUT2D eigenvalue weighted by molar-refractivity contribution is 7.80. The average Bonchev–Trinajstić information content (AvgIpc) is 2.92. The fourth-order valence-corrected chi connectivity index (χ4v) is 2.99. The van der Waals surface area contributed by atoms with Crippen LogP contribution in [0.25, 0.3) is 0 Å². The SMILES string of the molecule is S=C(Nc1ccncc1)NC1CC2C=CC1C2. The van der Waals surface area contributed by atoms with E-state index in [1.165, 1.54) is 12.8 Å². The smallest absolute Gasteiger partial charge is 0.171 e. The van der Waals surface area contributed by atoms with Crippen molar-refractivity contribution in [2.75, 3.05) is 5.32 Å². The van der Waals surface area contributed by atoms with Gasteiger partial charge in [0.05, 0.1) is 0 Å². The van der Waals surface area contributed by atoms with Gasteiger partial charge >= 0.3 is 0 Å². The molecule has 1 heterocycles. The van der Waals surface area contributed by atoms with Gasteiger partial charge in [0, 0.05) is 24.1 Å². The van der Waals surface area contributed by atoms with Crippen LogP contribution in [0.1, 0.15) is 12.8 Å². The van der Waals surface area contributed by atoms with E-state index in [4.69, 9.17) is 12.2 Å². The van der Waals surface area contributed by atoms with Crippen LogP contribution >= 0.6 is 12.2 Å². The molecule has 3 nitrogen and oxygen atoms in total. The second-order valence-corrected chi connectivity index (χ2v) is 5.13. The Balaban J connectivity index is 1.56. The Labute approximate surface area is 106 Å². The third-order valence-electron chi connectivity index (χ3n) is 3.53. The van der Waals surface area contributed by atoms with Crippen LogP contribution in [0.4, 0.5) is 5.69 Å². The summed E-state index contributed by atoms with van der Waals surface area (Å²) in [6, 6.07) is 4.33. The van der Waals surface area contributed by atoms with Gasteiger partial charge in [-0.05, 0) is 49.0 Å². The van der Waals surface area contributed by atoms with E-state index in [2.05, 4.69) is 27.8 Å². The first-order valence-electron chi connectivity index (χ1n) is 5.97. The molecule has 3 unspecified atom stereocenters. The fraction of sp³-hybridized carbons (Fsp3) is 0.385. The number of nitrogens with one attached hydrogen (secondary N) is 2. The molecule has 2 bridgehead atoms. The van der Waals surface area contributed by atoms with Crippen molar-refractivity contribution in [1.29, 1.82) is 0 Å². The fourth-order valence-electron chi connectivity index (χ4n) is 2.72. The van der Waals surface area contributed by atoms with Crippen molar-refractivity contribution >= 4 is 23.0 Å². The van der Waals surface area contributed by atoms with E-state index in [-0.39, 0.29) is 0 Å². The van der Waals surface area contributed by atoms with Crippen LogP contribution in [-0.2, 0) is 0 Å². The Hall–Kier alpha value is -1.42. The number of anilines is 1. The van der Waals surface area contributed by atoms with Gasteiger partial charge in [-0.2, -0.15) is 0 Å². The lowest BCUT2D eigenvalue weighted by Gasteiger charge is -2.21. The Kier molecular flexibility index (Phi) is 2.81. The molecule has 2 N–H and O–H groups in total. The van der Waals surface area contributed by atoms with E-state index < -0.39 is 0 Å². The quantitative estimate of drug-likeness (QED) is 0.619. The number of pyridine rings is 1. The lowest BCUT2D eigenvalue weighted by molar-refractivity contribution is 0.526. The predicted molar refractivity (Wildman–Crippen MR) is 72.7 cm³/mol. The van der Waals surface area contributed by atoms with Crippen molar-refractivity contribution in [2.45, 2.75) is 18.9 Å². The summed E-state index contributed by atoms with van der Waals surface area (Å²) >= 11 is 5.32. The monoisotopic (exact) mass is 245 g/mol. The minimum atomic E-state index is 0.506. The Morgan fingerprint density at radius 3 is 2.71 bits per heavy atom. The van der Waals surface area contributed by atoms with Crippen LogP contribution in [0.2, 0.25) is 0 Å². The summed E-state index contributed by atoms with van der Waals surface area (Å²) < 4.78 is 0. The summed E-state index contributed by atoms with van der Waals surface area (Å²) in [6.07, 6.45) is 10.7. The Morgan fingerprint density at radius 1 is 1.24 bits per heavy atom. The highest BCUT2D eigenvalue weighted by Crippen LogP contribution is 2.38. The van der Waals surface area contributed by atoms with Crippen molar-refractivity contribution in [3.05, 3.63) is 36.7 Å². The van der Waals surface area contributed by atoms with E-state index in [9.17, 15) is 0 Å². The lowest BCUT2D eigenvalue weighted by Crippen LogP contribution is -2.40. The number of fused-ring (bicyclic) bond motifs is 2. The standard InChI is InChI=1S/C13H15N3S/c17-13(15-11-3-5-14-6-4-11)16-12-8-9-1-2-10(12)7-9/h1-6,9-10,12H,7-8H2,(H2,14,15,16,17). The molecular formula is C13H15N3S. The summed E-state index contributed by atoms with van der Waals surface area (Å²) in [4.78, 5) is 3.97. The average molecular weight is 245 g/mol. The van der Waals surface area contributed by atoms with E-state index in [0.29, 0.717) is 17.1 Å². The molecule has 4 heteroatoms. The molecule has 1 fully saturated rings. The normalized spacial score (nSPS) is 29.3. The number of thiocarbonyl (C=S) groups is 1. The number of hydrogen-bond acceptors (Lipinski definition) is 2. The minimum absolute atomic E-state index is 0.506. The van der Waals surface area contributed by atoms with Gasteiger partial charge in [0.1, 0.15) is 0 Å². The first kappa shape index (κ1) is 10.7. The predicted octanol–water partition coefficient (Wildman–Crippen LogP) is 2.33. The maximum atomic E-state index is 5.32. The Bertz CT molecular complexity index is 443. The van der Waals surface area contributed by atoms with E-state index in [1.807, 2.05) is 12.1 Å². The summed E-state index contributed by atoms with van der Waals surface area (Å²) in [5.41, 5.74) is 0.983. The molecule has 1 saturated carbocycles. The molecule has 0 radical (unpaired) electrons. The zero-order valence-electron chi connectivity index (χ0n) is 9.47. The van der Waals surface area contributed by atoms with Crippen LogP contribution in [0.15, 0.2) is 36.7 Å². The third-order valence-corrected chi connectivity index (χ3v) is 3.75. The van der Waals surface area contributed by atoms with Crippen molar-refractivity contribution < 1.29 is 0 Å². The van der Waals surface area contributed by atoms with Gasteiger partial charge < -0.3 is 10.6 Å². The first-order valence-corrected chi connectivity index (χ1v) is 6.38. The topological polar surface area (TPSA) is 37.0 Å². The largest absolute Gasteiger partial charge is 0.359 e. The van der Waals surface area contributed by atoms with Crippen molar-refractivity contribution in [3.8, 4) is 0 Å². The van der Waals surface area contributed by atoms with Crippen LogP contribution in [0, 0.1) is 11.8 Å². The first-order chi connectivity index (χ1) is 8.31. The van der Waals surface area contributed by atoms with E-state index >= 15 is 0 Å². The van der Waals surface area contributed by atoms with Crippen molar-refractivity contribution in [1.82, 2.24) is 10.3 Å². The highest BCUT2D eigenvalue weighted by atomic mass is 32.1.